The van der Waals surface area contributed by atoms with Crippen LogP contribution in [0.3, 0.4) is 0 Å². The van der Waals surface area contributed by atoms with Crippen LogP contribution in [0.15, 0.2) is 65.2 Å². The maximum absolute atomic E-state index is 12.9. The molecule has 2 aliphatic heterocycles. The number of piperidine rings is 1. The normalized spacial score (nSPS) is 17.6. The van der Waals surface area contributed by atoms with Crippen LogP contribution in [-0.4, -0.2) is 40.9 Å². The number of fused-ring (bicyclic) bond motifs is 2. The Morgan fingerprint density at radius 2 is 1.77 bits per heavy atom. The Morgan fingerprint density at radius 1 is 0.971 bits per heavy atom. The van der Waals surface area contributed by atoms with Gasteiger partial charge in [-0.3, -0.25) is 19.7 Å². The highest BCUT2D eigenvalue weighted by atomic mass is 16.5. The van der Waals surface area contributed by atoms with Gasteiger partial charge in [-0.1, -0.05) is 29.4 Å². The molecule has 8 nitrogen and oxygen atoms in total. The number of nitrogens with one attached hydrogen (secondary N) is 1. The van der Waals surface area contributed by atoms with Gasteiger partial charge in [0, 0.05) is 35.7 Å². The molecule has 1 atom stereocenters. The predicted octanol–water partition coefficient (Wildman–Crippen LogP) is 3.93. The number of hydrogen-bond acceptors (Lipinski definition) is 6. The van der Waals surface area contributed by atoms with Gasteiger partial charge in [-0.2, -0.15) is 0 Å². The van der Waals surface area contributed by atoms with Gasteiger partial charge in [-0.05, 0) is 53.1 Å². The number of carbonyl (C=O) groups is 3. The van der Waals surface area contributed by atoms with Crippen molar-refractivity contribution in [2.45, 2.75) is 25.4 Å². The van der Waals surface area contributed by atoms with Crippen molar-refractivity contribution in [2.75, 3.05) is 7.11 Å². The zero-order chi connectivity index (χ0) is 24.1. The van der Waals surface area contributed by atoms with Crippen molar-refractivity contribution < 1.29 is 23.6 Å². The molecule has 0 aliphatic carbocycles. The Bertz CT molecular complexity index is 1520. The van der Waals surface area contributed by atoms with Crippen LogP contribution in [0.4, 0.5) is 0 Å². The first-order valence-corrected chi connectivity index (χ1v) is 11.3. The van der Waals surface area contributed by atoms with E-state index in [0.717, 1.165) is 33.2 Å². The van der Waals surface area contributed by atoms with Gasteiger partial charge in [-0.15, -0.1) is 0 Å². The predicted molar refractivity (Wildman–Crippen MR) is 127 cm³/mol. The molecule has 0 radical (unpaired) electrons. The molecule has 0 saturated carbocycles. The molecule has 174 valence electrons. The lowest BCUT2D eigenvalue weighted by Gasteiger charge is -2.29. The van der Waals surface area contributed by atoms with E-state index in [9.17, 15) is 14.4 Å². The van der Waals surface area contributed by atoms with E-state index in [1.165, 1.54) is 4.90 Å². The van der Waals surface area contributed by atoms with Crippen LogP contribution in [0.5, 0.6) is 5.75 Å². The van der Waals surface area contributed by atoms with E-state index in [1.807, 2.05) is 48.5 Å². The van der Waals surface area contributed by atoms with E-state index in [0.29, 0.717) is 30.0 Å². The Morgan fingerprint density at radius 3 is 2.60 bits per heavy atom. The largest absolute Gasteiger partial charge is 0.497 e. The van der Waals surface area contributed by atoms with Crippen LogP contribution in [0.25, 0.3) is 33.4 Å². The molecule has 3 heterocycles. The summed E-state index contributed by atoms with van der Waals surface area (Å²) < 4.78 is 10.9. The number of benzene rings is 3. The number of aromatic nitrogens is 1. The Labute approximate surface area is 200 Å². The monoisotopic (exact) mass is 467 g/mol. The topological polar surface area (TPSA) is 102 Å². The molecule has 1 unspecified atom stereocenters. The molecule has 35 heavy (non-hydrogen) atoms. The highest BCUT2D eigenvalue weighted by Crippen LogP contribution is 2.33. The van der Waals surface area contributed by atoms with Crippen LogP contribution in [0.1, 0.15) is 28.8 Å². The van der Waals surface area contributed by atoms with Crippen molar-refractivity contribution in [1.29, 1.82) is 0 Å². The summed E-state index contributed by atoms with van der Waals surface area (Å²) in [5.41, 5.74) is 3.81. The minimum atomic E-state index is -0.638. The smallest absolute Gasteiger partial charge is 0.255 e. The summed E-state index contributed by atoms with van der Waals surface area (Å²) in [6.07, 6.45) is 0.562. The van der Waals surface area contributed by atoms with Gasteiger partial charge in [0.25, 0.3) is 5.91 Å². The molecular formula is C27H21N3O5. The second kappa shape index (κ2) is 8.09. The van der Waals surface area contributed by atoms with Crippen molar-refractivity contribution >= 4 is 28.5 Å². The van der Waals surface area contributed by atoms with E-state index in [1.54, 1.807) is 13.2 Å². The quantitative estimate of drug-likeness (QED) is 0.457. The molecule has 0 bridgehead atoms. The van der Waals surface area contributed by atoms with Gasteiger partial charge in [0.2, 0.25) is 11.8 Å². The van der Waals surface area contributed by atoms with Crippen LogP contribution in [0, 0.1) is 0 Å². The number of imide groups is 1. The van der Waals surface area contributed by atoms with E-state index < -0.39 is 11.9 Å². The maximum atomic E-state index is 12.9. The Kier molecular flexibility index (Phi) is 4.88. The molecule has 1 N–H and O–H groups in total. The summed E-state index contributed by atoms with van der Waals surface area (Å²) in [6, 6.07) is 18.7. The van der Waals surface area contributed by atoms with Crippen molar-refractivity contribution in [2.24, 2.45) is 0 Å². The average Bonchev–Trinajstić information content (AvgIpc) is 3.48. The third-order valence-corrected chi connectivity index (χ3v) is 6.66. The number of ether oxygens (including phenoxy) is 1. The minimum Gasteiger partial charge on any atom is -0.497 e. The molecule has 3 amide bonds. The summed E-state index contributed by atoms with van der Waals surface area (Å²) in [6.45, 7) is 0.309. The van der Waals surface area contributed by atoms with Gasteiger partial charge in [0.15, 0.2) is 5.76 Å². The number of nitrogens with zero attached hydrogens (tertiary/aromatic N) is 2. The molecule has 1 aromatic heterocycles. The molecule has 6 rings (SSSR count). The van der Waals surface area contributed by atoms with Crippen molar-refractivity contribution in [3.8, 4) is 28.3 Å². The summed E-state index contributed by atoms with van der Waals surface area (Å²) in [7, 11) is 1.65. The van der Waals surface area contributed by atoms with Gasteiger partial charge in [-0.25, -0.2) is 0 Å². The SMILES string of the molecule is COc1ccc2cc(-c3cc(-c4ccc5c(c4)CN(C4CCC(=O)NC4=O)C5=O)on3)ccc2c1. The number of carbonyl (C=O) groups excluding carboxylic acids is 3. The second-order valence-corrected chi connectivity index (χ2v) is 8.78. The zero-order valence-corrected chi connectivity index (χ0v) is 18.9. The third-order valence-electron chi connectivity index (χ3n) is 6.66. The number of amides is 3. The van der Waals surface area contributed by atoms with Crippen molar-refractivity contribution in [3.63, 3.8) is 0 Å². The molecular weight excluding hydrogens is 446 g/mol. The van der Waals surface area contributed by atoms with Crippen LogP contribution in [-0.2, 0) is 16.1 Å². The summed E-state index contributed by atoms with van der Waals surface area (Å²) >= 11 is 0. The first kappa shape index (κ1) is 21.1. The van der Waals surface area contributed by atoms with Crippen LogP contribution < -0.4 is 10.1 Å². The first-order valence-electron chi connectivity index (χ1n) is 11.3. The highest BCUT2D eigenvalue weighted by molar-refractivity contribution is 6.05. The Balaban J connectivity index is 1.26. The van der Waals surface area contributed by atoms with E-state index in [-0.39, 0.29) is 18.2 Å². The maximum Gasteiger partial charge on any atom is 0.255 e. The van der Waals surface area contributed by atoms with E-state index in [2.05, 4.69) is 16.5 Å². The van der Waals surface area contributed by atoms with Crippen molar-refractivity contribution in [3.05, 3.63) is 71.8 Å². The molecule has 0 spiro atoms. The molecule has 3 aromatic carbocycles. The summed E-state index contributed by atoms with van der Waals surface area (Å²) in [4.78, 5) is 38.2. The molecule has 8 heteroatoms. The molecule has 4 aromatic rings. The lowest BCUT2D eigenvalue weighted by molar-refractivity contribution is -0.136. The number of methoxy groups -OCH3 is 1. The Hall–Kier alpha value is -4.46. The molecule has 1 fully saturated rings. The average molecular weight is 467 g/mol. The second-order valence-electron chi connectivity index (χ2n) is 8.78. The highest BCUT2D eigenvalue weighted by Gasteiger charge is 2.39. The molecule has 1 saturated heterocycles. The fraction of sp³-hybridized carbons (Fsp3) is 0.185. The van der Waals surface area contributed by atoms with E-state index in [4.69, 9.17) is 9.26 Å². The fourth-order valence-corrected chi connectivity index (χ4v) is 4.79. The number of rotatable bonds is 4. The third kappa shape index (κ3) is 3.63. The lowest BCUT2D eigenvalue weighted by Crippen LogP contribution is -2.52. The minimum absolute atomic E-state index is 0.202. The van der Waals surface area contributed by atoms with Gasteiger partial charge in [0.05, 0.1) is 7.11 Å². The molecule has 2 aliphatic rings. The summed E-state index contributed by atoms with van der Waals surface area (Å²) in [5.74, 6) is 0.471. The van der Waals surface area contributed by atoms with E-state index >= 15 is 0 Å². The number of hydrogen-bond donors (Lipinski definition) is 1. The standard InChI is InChI=1S/C27H21N3O5/c1-34-20-6-4-15-10-17(3-2-16(15)12-20)22-13-24(35-29-22)18-5-7-21-19(11-18)14-30(27(21)33)23-8-9-25(31)28-26(23)32/h2-7,10-13,23H,8-9,14H2,1H3,(H,28,31,32). The van der Waals surface area contributed by atoms with Crippen LogP contribution >= 0.6 is 0 Å². The van der Waals surface area contributed by atoms with Crippen molar-refractivity contribution in [1.82, 2.24) is 15.4 Å². The van der Waals surface area contributed by atoms with Gasteiger partial charge < -0.3 is 14.2 Å². The lowest BCUT2D eigenvalue weighted by atomic mass is 10.0. The van der Waals surface area contributed by atoms with Gasteiger partial charge in [0.1, 0.15) is 17.5 Å². The van der Waals surface area contributed by atoms with Crippen LogP contribution in [0.2, 0.25) is 0 Å². The fourth-order valence-electron chi connectivity index (χ4n) is 4.79. The first-order chi connectivity index (χ1) is 17.0. The zero-order valence-electron chi connectivity index (χ0n) is 18.9. The van der Waals surface area contributed by atoms with Gasteiger partial charge >= 0.3 is 0 Å². The summed E-state index contributed by atoms with van der Waals surface area (Å²) in [5, 5.41) is 8.72.